The first kappa shape index (κ1) is 8.82. The van der Waals surface area contributed by atoms with Crippen LogP contribution in [0.1, 0.15) is 12.8 Å². The van der Waals surface area contributed by atoms with Gasteiger partial charge in [-0.05, 0) is 24.4 Å². The van der Waals surface area contributed by atoms with Crippen molar-refractivity contribution in [1.82, 2.24) is 0 Å². The average molecular weight is 191 g/mol. The summed E-state index contributed by atoms with van der Waals surface area (Å²) in [7, 11) is 0. The molecule has 11 heavy (non-hydrogen) atoms. The van der Waals surface area contributed by atoms with E-state index in [1.165, 1.54) is 0 Å². The Morgan fingerprint density at radius 1 is 1.45 bits per heavy atom. The van der Waals surface area contributed by atoms with Crippen molar-refractivity contribution in [3.63, 3.8) is 0 Å². The molecule has 3 heteroatoms. The second-order valence-corrected chi connectivity index (χ2v) is 3.03. The van der Waals surface area contributed by atoms with Gasteiger partial charge in [0.25, 0.3) is 0 Å². The fourth-order valence-electron chi connectivity index (χ4n) is 0.955. The normalized spacial score (nSPS) is 17.3. The third kappa shape index (κ3) is 2.35. The standard InChI is InChI=1S/C8H8Cl2O/c9-5-6-1-3-7(4-2-6)8(10)11/h1,3H,2,4-5H2. The highest BCUT2D eigenvalue weighted by atomic mass is 35.5. The number of alkyl halides is 1. The van der Waals surface area contributed by atoms with Gasteiger partial charge in [-0.2, -0.15) is 0 Å². The largest absolute Gasteiger partial charge is 0.276 e. The maximum Gasteiger partial charge on any atom is 0.248 e. The summed E-state index contributed by atoms with van der Waals surface area (Å²) in [6.45, 7) is 0. The fraction of sp³-hybridized carbons (Fsp3) is 0.375. The molecular formula is C8H8Cl2O. The van der Waals surface area contributed by atoms with Crippen LogP contribution in [0.2, 0.25) is 0 Å². The predicted molar refractivity (Wildman–Crippen MR) is 47.0 cm³/mol. The monoisotopic (exact) mass is 190 g/mol. The van der Waals surface area contributed by atoms with E-state index >= 15 is 0 Å². The molecule has 1 nitrogen and oxygen atoms in total. The lowest BCUT2D eigenvalue weighted by molar-refractivity contribution is -0.108. The zero-order valence-corrected chi connectivity index (χ0v) is 7.45. The molecule has 0 amide bonds. The molecule has 0 aromatic carbocycles. The van der Waals surface area contributed by atoms with Crippen molar-refractivity contribution in [2.45, 2.75) is 12.8 Å². The molecule has 0 heterocycles. The molecule has 0 N–H and O–H groups in total. The third-order valence-electron chi connectivity index (χ3n) is 1.66. The van der Waals surface area contributed by atoms with E-state index in [9.17, 15) is 4.79 Å². The number of carbonyl (C=O) groups is 1. The van der Waals surface area contributed by atoms with Crippen molar-refractivity contribution in [3.05, 3.63) is 23.3 Å². The smallest absolute Gasteiger partial charge is 0.248 e. The first-order valence-electron chi connectivity index (χ1n) is 3.38. The Morgan fingerprint density at radius 3 is 2.55 bits per heavy atom. The Labute approximate surface area is 75.7 Å². The van der Waals surface area contributed by atoms with E-state index in [1.54, 1.807) is 6.08 Å². The van der Waals surface area contributed by atoms with Gasteiger partial charge < -0.3 is 0 Å². The minimum Gasteiger partial charge on any atom is -0.276 e. The first-order valence-corrected chi connectivity index (χ1v) is 4.29. The van der Waals surface area contributed by atoms with Crippen LogP contribution in [0.25, 0.3) is 0 Å². The van der Waals surface area contributed by atoms with Crippen molar-refractivity contribution < 1.29 is 4.79 Å². The Bertz CT molecular complexity index is 228. The molecule has 0 saturated carbocycles. The molecule has 1 aliphatic rings. The van der Waals surface area contributed by atoms with Gasteiger partial charge in [0, 0.05) is 11.5 Å². The molecule has 0 spiro atoms. The van der Waals surface area contributed by atoms with Gasteiger partial charge in [-0.1, -0.05) is 17.7 Å². The fourth-order valence-corrected chi connectivity index (χ4v) is 1.34. The quantitative estimate of drug-likeness (QED) is 0.484. The summed E-state index contributed by atoms with van der Waals surface area (Å²) in [6.07, 6.45) is 5.19. The lowest BCUT2D eigenvalue weighted by Gasteiger charge is -2.08. The topological polar surface area (TPSA) is 17.1 Å². The Kier molecular flexibility index (Phi) is 3.16. The van der Waals surface area contributed by atoms with Crippen LogP contribution >= 0.6 is 23.2 Å². The van der Waals surface area contributed by atoms with E-state index in [4.69, 9.17) is 23.2 Å². The van der Waals surface area contributed by atoms with Crippen molar-refractivity contribution in [2.24, 2.45) is 0 Å². The summed E-state index contributed by atoms with van der Waals surface area (Å²) < 4.78 is 0. The SMILES string of the molecule is O=C(Cl)C1=CC=C(CCl)CC1. The number of hydrogen-bond donors (Lipinski definition) is 0. The van der Waals surface area contributed by atoms with Crippen LogP contribution in [0.5, 0.6) is 0 Å². The highest BCUT2D eigenvalue weighted by Gasteiger charge is 2.09. The zero-order valence-electron chi connectivity index (χ0n) is 5.94. The van der Waals surface area contributed by atoms with Crippen molar-refractivity contribution >= 4 is 28.4 Å². The van der Waals surface area contributed by atoms with Gasteiger partial charge >= 0.3 is 0 Å². The lowest BCUT2D eigenvalue weighted by Crippen LogP contribution is -1.99. The van der Waals surface area contributed by atoms with Crippen LogP contribution in [0.3, 0.4) is 0 Å². The van der Waals surface area contributed by atoms with Gasteiger partial charge in [0.1, 0.15) is 0 Å². The van der Waals surface area contributed by atoms with Crippen LogP contribution in [-0.4, -0.2) is 11.1 Å². The number of hydrogen-bond acceptors (Lipinski definition) is 1. The minimum absolute atomic E-state index is 0.352. The van der Waals surface area contributed by atoms with Gasteiger partial charge in [-0.3, -0.25) is 4.79 Å². The van der Waals surface area contributed by atoms with Crippen LogP contribution in [0.4, 0.5) is 0 Å². The molecule has 0 atom stereocenters. The van der Waals surface area contributed by atoms with Crippen LogP contribution in [0, 0.1) is 0 Å². The van der Waals surface area contributed by atoms with Crippen molar-refractivity contribution in [3.8, 4) is 0 Å². The zero-order chi connectivity index (χ0) is 8.27. The molecule has 1 rings (SSSR count). The third-order valence-corrected chi connectivity index (χ3v) is 2.25. The summed E-state index contributed by atoms with van der Waals surface area (Å²) in [5, 5.41) is -0.352. The Morgan fingerprint density at radius 2 is 2.18 bits per heavy atom. The maximum absolute atomic E-state index is 10.6. The molecule has 0 aliphatic heterocycles. The molecule has 1 aliphatic carbocycles. The molecule has 0 fully saturated rings. The second kappa shape index (κ2) is 3.93. The van der Waals surface area contributed by atoms with E-state index < -0.39 is 0 Å². The van der Waals surface area contributed by atoms with E-state index in [0.717, 1.165) is 18.4 Å². The number of halogens is 2. The Balaban J connectivity index is 2.69. The van der Waals surface area contributed by atoms with Gasteiger partial charge in [-0.25, -0.2) is 0 Å². The van der Waals surface area contributed by atoms with E-state index in [0.29, 0.717) is 11.5 Å². The van der Waals surface area contributed by atoms with Crippen LogP contribution in [0.15, 0.2) is 23.3 Å². The molecule has 0 bridgehead atoms. The maximum atomic E-state index is 10.6. The van der Waals surface area contributed by atoms with E-state index in [1.807, 2.05) is 6.08 Å². The van der Waals surface area contributed by atoms with Gasteiger partial charge in [-0.15, -0.1) is 11.6 Å². The van der Waals surface area contributed by atoms with E-state index in [2.05, 4.69) is 0 Å². The molecule has 0 aromatic heterocycles. The molecule has 0 saturated heterocycles. The van der Waals surface area contributed by atoms with Gasteiger partial charge in [0.05, 0.1) is 0 Å². The van der Waals surface area contributed by atoms with Gasteiger partial charge in [0.15, 0.2) is 0 Å². The highest BCUT2D eigenvalue weighted by molar-refractivity contribution is 6.67. The van der Waals surface area contributed by atoms with Crippen molar-refractivity contribution in [2.75, 3.05) is 5.88 Å². The Hall–Kier alpha value is -0.270. The highest BCUT2D eigenvalue weighted by Crippen LogP contribution is 2.20. The molecule has 0 radical (unpaired) electrons. The summed E-state index contributed by atoms with van der Waals surface area (Å²) in [5.41, 5.74) is 1.84. The summed E-state index contributed by atoms with van der Waals surface area (Å²) in [4.78, 5) is 10.6. The van der Waals surface area contributed by atoms with E-state index in [-0.39, 0.29) is 5.24 Å². The van der Waals surface area contributed by atoms with Crippen LogP contribution < -0.4 is 0 Å². The summed E-state index contributed by atoms with van der Waals surface area (Å²) in [6, 6.07) is 0. The minimum atomic E-state index is -0.352. The first-order chi connectivity index (χ1) is 5.24. The van der Waals surface area contributed by atoms with Crippen LogP contribution in [-0.2, 0) is 4.79 Å². The number of allylic oxidation sites excluding steroid dienone is 4. The second-order valence-electron chi connectivity index (χ2n) is 2.42. The molecule has 0 unspecified atom stereocenters. The predicted octanol–water partition coefficient (Wildman–Crippen LogP) is 2.64. The summed E-state index contributed by atoms with van der Waals surface area (Å²) in [5.74, 6) is 0.542. The number of rotatable bonds is 2. The van der Waals surface area contributed by atoms with Crippen molar-refractivity contribution in [1.29, 1.82) is 0 Å². The molecule has 60 valence electrons. The summed E-state index contributed by atoms with van der Waals surface area (Å²) >= 11 is 10.9. The average Bonchev–Trinajstić information content (AvgIpc) is 2.05. The lowest BCUT2D eigenvalue weighted by atomic mass is 10.0. The molecule has 0 aromatic rings. The molecular weight excluding hydrogens is 183 g/mol. The number of carbonyl (C=O) groups excluding carboxylic acids is 1. The van der Waals surface area contributed by atoms with Gasteiger partial charge in [0.2, 0.25) is 5.24 Å².